The lowest BCUT2D eigenvalue weighted by molar-refractivity contribution is 0.0950. The monoisotopic (exact) mass is 381 g/mol. The van der Waals surface area contributed by atoms with Gasteiger partial charge < -0.3 is 20.4 Å². The summed E-state index contributed by atoms with van der Waals surface area (Å²) >= 11 is 0. The van der Waals surface area contributed by atoms with E-state index in [4.69, 9.17) is 20.4 Å². The van der Waals surface area contributed by atoms with Crippen LogP contribution in [0.3, 0.4) is 0 Å². The van der Waals surface area contributed by atoms with Crippen molar-refractivity contribution in [2.45, 2.75) is 44.6 Å². The zero-order valence-electron chi connectivity index (χ0n) is 16.3. The number of ether oxygens (including phenoxy) is 1. The van der Waals surface area contributed by atoms with Gasteiger partial charge in [-0.25, -0.2) is 9.97 Å². The number of nitrogens with one attached hydrogen (secondary N) is 1. The van der Waals surface area contributed by atoms with Gasteiger partial charge in [0.15, 0.2) is 5.65 Å². The van der Waals surface area contributed by atoms with E-state index in [0.29, 0.717) is 35.7 Å². The number of hydrogen-bond acceptors (Lipinski definition) is 5. The number of rotatable bonds is 6. The van der Waals surface area contributed by atoms with Crippen molar-refractivity contribution in [1.82, 2.24) is 19.9 Å². The molecule has 1 aromatic carbocycles. The zero-order valence-corrected chi connectivity index (χ0v) is 16.3. The van der Waals surface area contributed by atoms with Gasteiger partial charge in [-0.05, 0) is 31.4 Å². The summed E-state index contributed by atoms with van der Waals surface area (Å²) < 4.78 is 7.11. The second-order valence-corrected chi connectivity index (χ2v) is 7.41. The summed E-state index contributed by atoms with van der Waals surface area (Å²) in [5.41, 5.74) is 9.87. The lowest BCUT2D eigenvalue weighted by atomic mass is 9.95. The van der Waals surface area contributed by atoms with E-state index < -0.39 is 0 Å². The normalized spacial score (nSPS) is 15.3. The number of anilines is 1. The Balaban J connectivity index is 1.81. The first-order chi connectivity index (χ1) is 13.7. The van der Waals surface area contributed by atoms with Crippen molar-refractivity contribution in [2.24, 2.45) is 0 Å². The number of hydrogen-bond donors (Lipinski definition) is 2. The first kappa shape index (κ1) is 18.7. The van der Waals surface area contributed by atoms with Crippen molar-refractivity contribution < 1.29 is 9.53 Å². The number of benzene rings is 1. The Kier molecular flexibility index (Phi) is 5.43. The molecule has 1 fully saturated rings. The Morgan fingerprint density at radius 1 is 1.21 bits per heavy atom. The highest BCUT2D eigenvalue weighted by Gasteiger charge is 2.28. The SMILES string of the molecule is COCCCNC(=O)c1c(N)n(C2CCCCC2)c2nc3ccccc3nc12. The molecule has 1 aliphatic rings. The van der Waals surface area contributed by atoms with E-state index in [0.717, 1.165) is 30.3 Å². The van der Waals surface area contributed by atoms with E-state index in [-0.39, 0.29) is 11.9 Å². The molecule has 2 aromatic heterocycles. The summed E-state index contributed by atoms with van der Waals surface area (Å²) in [6, 6.07) is 8.00. The molecule has 4 rings (SSSR count). The predicted molar refractivity (Wildman–Crippen MR) is 110 cm³/mol. The number of amides is 1. The van der Waals surface area contributed by atoms with Crippen LogP contribution in [0, 0.1) is 0 Å². The largest absolute Gasteiger partial charge is 0.385 e. The molecule has 148 valence electrons. The van der Waals surface area contributed by atoms with Gasteiger partial charge in [-0.3, -0.25) is 4.79 Å². The smallest absolute Gasteiger partial charge is 0.257 e. The van der Waals surface area contributed by atoms with E-state index in [2.05, 4.69) is 9.88 Å². The molecule has 0 unspecified atom stereocenters. The van der Waals surface area contributed by atoms with E-state index in [1.54, 1.807) is 7.11 Å². The predicted octanol–water partition coefficient (Wildman–Crippen LogP) is 3.44. The zero-order chi connectivity index (χ0) is 19.5. The Labute approximate surface area is 164 Å². The first-order valence-electron chi connectivity index (χ1n) is 10.0. The van der Waals surface area contributed by atoms with Crippen LogP contribution in [0.4, 0.5) is 5.82 Å². The standard InChI is InChI=1S/C21H27N5O2/c1-28-13-7-12-23-21(27)17-18-20(25-16-11-6-5-10-15(16)24-18)26(19(17)22)14-8-3-2-4-9-14/h5-6,10-11,14H,2-4,7-9,12-13,22H2,1H3,(H,23,27). The summed E-state index contributed by atoms with van der Waals surface area (Å²) in [5, 5.41) is 2.95. The van der Waals surface area contributed by atoms with Crippen LogP contribution in [0.15, 0.2) is 24.3 Å². The molecule has 2 heterocycles. The maximum atomic E-state index is 13.0. The van der Waals surface area contributed by atoms with E-state index in [1.807, 2.05) is 24.3 Å². The van der Waals surface area contributed by atoms with Gasteiger partial charge in [0.1, 0.15) is 16.9 Å². The molecule has 3 aromatic rings. The molecule has 0 saturated heterocycles. The van der Waals surface area contributed by atoms with Crippen molar-refractivity contribution in [1.29, 1.82) is 0 Å². The van der Waals surface area contributed by atoms with E-state index >= 15 is 0 Å². The molecular weight excluding hydrogens is 354 g/mol. The molecule has 1 amide bonds. The van der Waals surface area contributed by atoms with Crippen LogP contribution in [0.25, 0.3) is 22.2 Å². The highest BCUT2D eigenvalue weighted by molar-refractivity contribution is 6.10. The van der Waals surface area contributed by atoms with E-state index in [1.165, 1.54) is 19.3 Å². The Hall–Kier alpha value is -2.67. The number of aromatic nitrogens is 3. The lowest BCUT2D eigenvalue weighted by Gasteiger charge is -2.25. The fourth-order valence-corrected chi connectivity index (χ4v) is 4.12. The highest BCUT2D eigenvalue weighted by Crippen LogP contribution is 2.36. The van der Waals surface area contributed by atoms with Crippen molar-refractivity contribution >= 4 is 33.9 Å². The van der Waals surface area contributed by atoms with Crippen molar-refractivity contribution in [3.8, 4) is 0 Å². The Morgan fingerprint density at radius 3 is 2.64 bits per heavy atom. The molecule has 0 atom stereocenters. The second-order valence-electron chi connectivity index (χ2n) is 7.41. The van der Waals surface area contributed by atoms with Gasteiger partial charge in [0.05, 0.1) is 11.0 Å². The van der Waals surface area contributed by atoms with Crippen LogP contribution in [0.1, 0.15) is 54.9 Å². The molecule has 1 aliphatic carbocycles. The van der Waals surface area contributed by atoms with Crippen LogP contribution in [-0.4, -0.2) is 40.7 Å². The van der Waals surface area contributed by atoms with Gasteiger partial charge in [-0.2, -0.15) is 0 Å². The molecule has 3 N–H and O–H groups in total. The van der Waals surface area contributed by atoms with Gasteiger partial charge in [0.2, 0.25) is 0 Å². The maximum Gasteiger partial charge on any atom is 0.257 e. The molecule has 0 aliphatic heterocycles. The lowest BCUT2D eigenvalue weighted by Crippen LogP contribution is -2.26. The third-order valence-electron chi connectivity index (χ3n) is 5.51. The fourth-order valence-electron chi connectivity index (χ4n) is 4.12. The summed E-state index contributed by atoms with van der Waals surface area (Å²) in [6.45, 7) is 1.13. The van der Waals surface area contributed by atoms with Gasteiger partial charge in [0.25, 0.3) is 5.91 Å². The molecule has 0 spiro atoms. The molecule has 28 heavy (non-hydrogen) atoms. The summed E-state index contributed by atoms with van der Waals surface area (Å²) in [5.74, 6) is 0.277. The number of nitrogen functional groups attached to an aromatic ring is 1. The number of nitrogens with two attached hydrogens (primary N) is 1. The first-order valence-corrected chi connectivity index (χ1v) is 10.0. The molecule has 7 heteroatoms. The van der Waals surface area contributed by atoms with Crippen LogP contribution in [0.2, 0.25) is 0 Å². The minimum absolute atomic E-state index is 0.197. The number of fused-ring (bicyclic) bond motifs is 2. The van der Waals surface area contributed by atoms with Crippen LogP contribution < -0.4 is 11.1 Å². The van der Waals surface area contributed by atoms with Gasteiger partial charge in [-0.1, -0.05) is 31.4 Å². The summed E-state index contributed by atoms with van der Waals surface area (Å²) in [7, 11) is 1.65. The third-order valence-corrected chi connectivity index (χ3v) is 5.51. The number of methoxy groups -OCH3 is 1. The average Bonchev–Trinajstić information content (AvgIpc) is 3.00. The number of carbonyl (C=O) groups excluding carboxylic acids is 1. The molecule has 7 nitrogen and oxygen atoms in total. The Bertz CT molecular complexity index is 991. The molecule has 0 bridgehead atoms. The van der Waals surface area contributed by atoms with Crippen molar-refractivity contribution in [3.05, 3.63) is 29.8 Å². The quantitative estimate of drug-likeness (QED) is 0.638. The summed E-state index contributed by atoms with van der Waals surface area (Å²) in [4.78, 5) is 22.6. The minimum atomic E-state index is -0.197. The minimum Gasteiger partial charge on any atom is -0.385 e. The van der Waals surface area contributed by atoms with Crippen LogP contribution >= 0.6 is 0 Å². The van der Waals surface area contributed by atoms with Crippen LogP contribution in [-0.2, 0) is 4.74 Å². The number of para-hydroxylation sites is 2. The fraction of sp³-hybridized carbons (Fsp3) is 0.476. The van der Waals surface area contributed by atoms with Gasteiger partial charge >= 0.3 is 0 Å². The van der Waals surface area contributed by atoms with Crippen molar-refractivity contribution in [2.75, 3.05) is 26.0 Å². The molecular formula is C21H27N5O2. The summed E-state index contributed by atoms with van der Waals surface area (Å²) in [6.07, 6.45) is 6.44. The Morgan fingerprint density at radius 2 is 1.93 bits per heavy atom. The third kappa shape index (κ3) is 3.42. The van der Waals surface area contributed by atoms with E-state index in [9.17, 15) is 4.79 Å². The van der Waals surface area contributed by atoms with Gasteiger partial charge in [-0.15, -0.1) is 0 Å². The topological polar surface area (TPSA) is 95.1 Å². The van der Waals surface area contributed by atoms with Crippen LogP contribution in [0.5, 0.6) is 0 Å². The maximum absolute atomic E-state index is 13.0. The highest BCUT2D eigenvalue weighted by atomic mass is 16.5. The second kappa shape index (κ2) is 8.14. The van der Waals surface area contributed by atoms with Gasteiger partial charge in [0, 0.05) is 26.3 Å². The molecule has 0 radical (unpaired) electrons. The number of carbonyl (C=O) groups is 1. The molecule has 1 saturated carbocycles. The van der Waals surface area contributed by atoms with Crippen molar-refractivity contribution in [3.63, 3.8) is 0 Å². The average molecular weight is 381 g/mol. The number of nitrogens with zero attached hydrogens (tertiary/aromatic N) is 3.